The maximum absolute atomic E-state index is 14.2. The number of fused-ring (bicyclic) bond motifs is 3. The lowest BCUT2D eigenvalue weighted by molar-refractivity contribution is -0.154. The van der Waals surface area contributed by atoms with E-state index < -0.39 is 11.4 Å². The minimum absolute atomic E-state index is 0.143. The fourth-order valence-corrected chi connectivity index (χ4v) is 3.22. The molecular formula is C21H28FN5O3. The predicted molar refractivity (Wildman–Crippen MR) is 112 cm³/mol. The molecule has 0 aliphatic carbocycles. The van der Waals surface area contributed by atoms with E-state index in [4.69, 9.17) is 9.47 Å². The largest absolute Gasteiger partial charge is 0.494 e. The maximum atomic E-state index is 14.2. The van der Waals surface area contributed by atoms with Gasteiger partial charge in [0.05, 0.1) is 18.1 Å². The Bertz CT molecular complexity index is 1060. The zero-order valence-electron chi connectivity index (χ0n) is 18.1. The molecule has 0 radical (unpaired) electrons. The first kappa shape index (κ1) is 21.7. The number of anilines is 1. The average molecular weight is 417 g/mol. The molecule has 0 amide bonds. The molecule has 0 spiro atoms. The molecule has 0 aliphatic rings. The summed E-state index contributed by atoms with van der Waals surface area (Å²) in [5, 5.41) is 11.6. The van der Waals surface area contributed by atoms with Crippen LogP contribution >= 0.6 is 0 Å². The molecule has 0 saturated carbocycles. The molecular weight excluding hydrogens is 389 g/mol. The predicted octanol–water partition coefficient (Wildman–Crippen LogP) is 4.05. The second kappa shape index (κ2) is 8.81. The van der Waals surface area contributed by atoms with Crippen molar-refractivity contribution < 1.29 is 18.7 Å². The van der Waals surface area contributed by atoms with Crippen LogP contribution < -0.4 is 10.1 Å². The summed E-state index contributed by atoms with van der Waals surface area (Å²) in [7, 11) is 1.42. The van der Waals surface area contributed by atoms with Crippen LogP contribution in [-0.2, 0) is 9.53 Å². The number of nitrogens with one attached hydrogen (secondary N) is 1. The number of benzene rings is 1. The average Bonchev–Trinajstić information content (AvgIpc) is 3.04. The lowest BCUT2D eigenvalue weighted by Gasteiger charge is -2.19. The Hall–Kier alpha value is -2.97. The van der Waals surface area contributed by atoms with Crippen molar-refractivity contribution in [2.45, 2.75) is 59.0 Å². The third-order valence-corrected chi connectivity index (χ3v) is 4.53. The minimum atomic E-state index is -0.476. The third kappa shape index (κ3) is 4.95. The van der Waals surface area contributed by atoms with Crippen LogP contribution in [0.25, 0.3) is 16.7 Å². The van der Waals surface area contributed by atoms with Crippen LogP contribution in [0.2, 0.25) is 0 Å². The highest BCUT2D eigenvalue weighted by molar-refractivity contribution is 5.84. The first-order valence-corrected chi connectivity index (χ1v) is 10.0. The number of esters is 1. The zero-order chi connectivity index (χ0) is 21.9. The van der Waals surface area contributed by atoms with Gasteiger partial charge in [-0.25, -0.2) is 9.37 Å². The second-order valence-corrected chi connectivity index (χ2v) is 8.17. The van der Waals surface area contributed by atoms with E-state index >= 15 is 0 Å². The van der Waals surface area contributed by atoms with Crippen LogP contribution in [0.3, 0.4) is 0 Å². The smallest absolute Gasteiger partial charge is 0.306 e. The van der Waals surface area contributed by atoms with Crippen molar-refractivity contribution in [3.05, 3.63) is 23.8 Å². The molecule has 2 aromatic heterocycles. The Balaban J connectivity index is 1.66. The van der Waals surface area contributed by atoms with Crippen molar-refractivity contribution in [2.24, 2.45) is 0 Å². The molecule has 1 N–H and O–H groups in total. The van der Waals surface area contributed by atoms with Crippen molar-refractivity contribution in [1.82, 2.24) is 19.6 Å². The number of carbonyl (C=O) groups excluding carboxylic acids is 1. The Morgan fingerprint density at radius 1 is 1.20 bits per heavy atom. The summed E-state index contributed by atoms with van der Waals surface area (Å²) in [6, 6.07) is 2.94. The van der Waals surface area contributed by atoms with Gasteiger partial charge in [-0.15, -0.1) is 10.2 Å². The molecule has 0 unspecified atom stereocenters. The van der Waals surface area contributed by atoms with Crippen LogP contribution in [-0.4, -0.2) is 44.8 Å². The summed E-state index contributed by atoms with van der Waals surface area (Å²) in [5.74, 6) is 0.705. The molecule has 0 aliphatic heterocycles. The van der Waals surface area contributed by atoms with Crippen LogP contribution in [0.5, 0.6) is 5.75 Å². The highest BCUT2D eigenvalue weighted by atomic mass is 19.1. The van der Waals surface area contributed by atoms with E-state index in [-0.39, 0.29) is 11.7 Å². The first-order valence-electron chi connectivity index (χ1n) is 10.0. The molecule has 30 heavy (non-hydrogen) atoms. The van der Waals surface area contributed by atoms with Gasteiger partial charge in [0.25, 0.3) is 0 Å². The Labute approximate surface area is 174 Å². The van der Waals surface area contributed by atoms with Crippen molar-refractivity contribution in [3.63, 3.8) is 0 Å². The highest BCUT2D eigenvalue weighted by Gasteiger charge is 2.17. The fraction of sp³-hybridized carbons (Fsp3) is 0.524. The van der Waals surface area contributed by atoms with Gasteiger partial charge in [-0.05, 0) is 40.5 Å². The Kier molecular flexibility index (Phi) is 6.38. The molecule has 0 bridgehead atoms. The van der Waals surface area contributed by atoms with Gasteiger partial charge < -0.3 is 14.8 Å². The monoisotopic (exact) mass is 417 g/mol. The van der Waals surface area contributed by atoms with Crippen LogP contribution in [0.15, 0.2) is 12.1 Å². The molecule has 3 rings (SSSR count). The quantitative estimate of drug-likeness (QED) is 0.437. The van der Waals surface area contributed by atoms with Crippen LogP contribution in [0.4, 0.5) is 10.2 Å². The van der Waals surface area contributed by atoms with Gasteiger partial charge in [0, 0.05) is 25.1 Å². The van der Waals surface area contributed by atoms with Gasteiger partial charge >= 0.3 is 5.97 Å². The van der Waals surface area contributed by atoms with E-state index in [9.17, 15) is 9.18 Å². The number of halogens is 1. The van der Waals surface area contributed by atoms with Gasteiger partial charge in [0.1, 0.15) is 11.4 Å². The third-order valence-electron chi connectivity index (χ3n) is 4.53. The van der Waals surface area contributed by atoms with E-state index in [0.717, 1.165) is 19.3 Å². The lowest BCUT2D eigenvalue weighted by atomic mass is 10.1. The number of ether oxygens (including phenoxy) is 2. The van der Waals surface area contributed by atoms with Crippen LogP contribution in [0.1, 0.15) is 52.3 Å². The van der Waals surface area contributed by atoms with E-state index in [1.165, 1.54) is 13.2 Å². The molecule has 2 heterocycles. The molecule has 0 atom stereocenters. The SMILES string of the molecule is COc1cc2c(cc1F)nc(NCCCCCC(=O)OC(C)(C)C)c1nnc(C)n12. The Morgan fingerprint density at radius 2 is 1.97 bits per heavy atom. The minimum Gasteiger partial charge on any atom is -0.494 e. The van der Waals surface area contributed by atoms with E-state index in [1.54, 1.807) is 6.07 Å². The summed E-state index contributed by atoms with van der Waals surface area (Å²) in [5.41, 5.74) is 1.28. The van der Waals surface area contributed by atoms with Gasteiger partial charge in [-0.2, -0.15) is 0 Å². The molecule has 8 nitrogen and oxygen atoms in total. The number of aryl methyl sites for hydroxylation is 1. The molecule has 1 aromatic carbocycles. The maximum Gasteiger partial charge on any atom is 0.306 e. The summed E-state index contributed by atoms with van der Waals surface area (Å²) >= 11 is 0. The Morgan fingerprint density at radius 3 is 2.67 bits per heavy atom. The zero-order valence-corrected chi connectivity index (χ0v) is 18.1. The van der Waals surface area contributed by atoms with Crippen molar-refractivity contribution in [3.8, 4) is 5.75 Å². The number of methoxy groups -OCH3 is 1. The van der Waals surface area contributed by atoms with Gasteiger partial charge in [-0.1, -0.05) is 6.42 Å². The number of unbranched alkanes of at least 4 members (excludes halogenated alkanes) is 2. The number of rotatable bonds is 8. The summed E-state index contributed by atoms with van der Waals surface area (Å²) < 4.78 is 26.4. The first-order chi connectivity index (χ1) is 14.2. The van der Waals surface area contributed by atoms with E-state index in [0.29, 0.717) is 41.3 Å². The summed E-state index contributed by atoms with van der Waals surface area (Å²) in [6.07, 6.45) is 2.87. The molecule has 0 fully saturated rings. The normalized spacial score (nSPS) is 11.8. The molecule has 9 heteroatoms. The number of hydrogen-bond donors (Lipinski definition) is 1. The van der Waals surface area contributed by atoms with E-state index in [2.05, 4.69) is 20.5 Å². The second-order valence-electron chi connectivity index (χ2n) is 8.17. The molecule has 0 saturated heterocycles. The number of aromatic nitrogens is 4. The number of nitrogens with zero attached hydrogens (tertiary/aromatic N) is 4. The fourth-order valence-electron chi connectivity index (χ4n) is 3.22. The van der Waals surface area contributed by atoms with Gasteiger partial charge in [0.2, 0.25) is 5.65 Å². The van der Waals surface area contributed by atoms with Gasteiger partial charge in [0.15, 0.2) is 17.4 Å². The standard InChI is InChI=1S/C21H28FN5O3/c1-13-25-26-20-19(23-10-8-6-7-9-18(28)30-21(2,3)4)24-15-11-14(22)17(29-5)12-16(15)27(13)20/h11-12H,6-10H2,1-5H3,(H,23,24). The van der Waals surface area contributed by atoms with Crippen molar-refractivity contribution in [1.29, 1.82) is 0 Å². The number of hydrogen-bond acceptors (Lipinski definition) is 7. The van der Waals surface area contributed by atoms with Crippen LogP contribution in [0, 0.1) is 12.7 Å². The summed E-state index contributed by atoms with van der Waals surface area (Å²) in [4.78, 5) is 16.3. The topological polar surface area (TPSA) is 90.6 Å². The summed E-state index contributed by atoms with van der Waals surface area (Å²) in [6.45, 7) is 8.06. The van der Waals surface area contributed by atoms with Crippen molar-refractivity contribution >= 4 is 28.5 Å². The van der Waals surface area contributed by atoms with Crippen molar-refractivity contribution in [2.75, 3.05) is 19.0 Å². The van der Waals surface area contributed by atoms with Gasteiger partial charge in [-0.3, -0.25) is 9.20 Å². The highest BCUT2D eigenvalue weighted by Crippen LogP contribution is 2.27. The molecule has 3 aromatic rings. The lowest BCUT2D eigenvalue weighted by Crippen LogP contribution is -2.23. The van der Waals surface area contributed by atoms with E-state index in [1.807, 2.05) is 32.1 Å². The molecule has 162 valence electrons. The number of carbonyl (C=O) groups is 1.